The summed E-state index contributed by atoms with van der Waals surface area (Å²) in [5, 5.41) is 5.64. The van der Waals surface area contributed by atoms with Crippen LogP contribution in [0.1, 0.15) is 22.6 Å². The van der Waals surface area contributed by atoms with Gasteiger partial charge in [-0.15, -0.1) is 0 Å². The molecule has 0 unspecified atom stereocenters. The van der Waals surface area contributed by atoms with E-state index < -0.39 is 0 Å². The van der Waals surface area contributed by atoms with Crippen molar-refractivity contribution in [1.82, 2.24) is 20.2 Å². The van der Waals surface area contributed by atoms with Gasteiger partial charge in [-0.05, 0) is 31.2 Å². The van der Waals surface area contributed by atoms with E-state index in [9.17, 15) is 9.59 Å². The molecule has 3 aromatic rings. The molecule has 2 N–H and O–H groups in total. The number of benzene rings is 2. The largest absolute Gasteiger partial charge is 0.354 e. The number of amides is 2. The van der Waals surface area contributed by atoms with Crippen molar-refractivity contribution in [3.63, 3.8) is 0 Å². The maximum Gasteiger partial charge on any atom is 0.251 e. The van der Waals surface area contributed by atoms with Crippen molar-refractivity contribution in [1.29, 1.82) is 0 Å². The molecule has 1 aromatic heterocycles. The molecule has 0 bridgehead atoms. The van der Waals surface area contributed by atoms with Crippen molar-refractivity contribution in [2.45, 2.75) is 19.9 Å². The fraction of sp³-hybridized carbons (Fsp3) is 0.250. The van der Waals surface area contributed by atoms with Crippen LogP contribution in [0.4, 0.5) is 0 Å². The number of aryl methyl sites for hydroxylation is 1. The number of hydrogen-bond acceptors (Lipinski definition) is 3. The average Bonchev–Trinajstić information content (AvgIpc) is 2.98. The van der Waals surface area contributed by atoms with Gasteiger partial charge in [-0.25, -0.2) is 4.98 Å². The molecule has 0 atom stereocenters. The lowest BCUT2D eigenvalue weighted by Crippen LogP contribution is -2.32. The van der Waals surface area contributed by atoms with E-state index >= 15 is 0 Å². The van der Waals surface area contributed by atoms with Crippen molar-refractivity contribution in [3.05, 3.63) is 66.0 Å². The van der Waals surface area contributed by atoms with Gasteiger partial charge in [-0.2, -0.15) is 0 Å². The minimum Gasteiger partial charge on any atom is -0.354 e. The van der Waals surface area contributed by atoms with Gasteiger partial charge in [0.1, 0.15) is 5.82 Å². The van der Waals surface area contributed by atoms with Crippen LogP contribution in [0, 0.1) is 6.92 Å². The van der Waals surface area contributed by atoms with Crippen molar-refractivity contribution >= 4 is 22.8 Å². The lowest BCUT2D eigenvalue weighted by atomic mass is 10.2. The normalized spacial score (nSPS) is 10.7. The summed E-state index contributed by atoms with van der Waals surface area (Å²) >= 11 is 0. The number of aromatic nitrogens is 2. The zero-order valence-corrected chi connectivity index (χ0v) is 14.7. The Hall–Kier alpha value is -3.15. The number of fused-ring (bicyclic) bond motifs is 1. The van der Waals surface area contributed by atoms with E-state index in [2.05, 4.69) is 20.2 Å². The van der Waals surface area contributed by atoms with Gasteiger partial charge in [0.15, 0.2) is 0 Å². The monoisotopic (exact) mass is 350 g/mol. The zero-order valence-electron chi connectivity index (χ0n) is 14.7. The number of imidazole rings is 1. The molecule has 1 heterocycles. The van der Waals surface area contributed by atoms with Crippen LogP contribution in [0.2, 0.25) is 0 Å². The minimum absolute atomic E-state index is 0.0829. The van der Waals surface area contributed by atoms with Crippen LogP contribution in [-0.2, 0) is 11.3 Å². The molecule has 0 aliphatic heterocycles. The summed E-state index contributed by atoms with van der Waals surface area (Å²) in [7, 11) is 0. The molecule has 6 nitrogen and oxygen atoms in total. The Labute approximate surface area is 152 Å². The number of carbonyl (C=O) groups is 2. The maximum absolute atomic E-state index is 12.0. The first-order chi connectivity index (χ1) is 12.6. The van der Waals surface area contributed by atoms with Crippen LogP contribution in [-0.4, -0.2) is 34.5 Å². The van der Waals surface area contributed by atoms with E-state index in [4.69, 9.17) is 0 Å². The lowest BCUT2D eigenvalue weighted by molar-refractivity contribution is -0.120. The van der Waals surface area contributed by atoms with Gasteiger partial charge in [-0.1, -0.05) is 30.3 Å². The molecule has 0 saturated carbocycles. The first-order valence-corrected chi connectivity index (χ1v) is 8.67. The van der Waals surface area contributed by atoms with Gasteiger partial charge in [0.2, 0.25) is 5.91 Å². The first kappa shape index (κ1) is 17.7. The molecule has 0 aliphatic rings. The van der Waals surface area contributed by atoms with Gasteiger partial charge in [0.05, 0.1) is 11.0 Å². The Bertz CT molecular complexity index is 903. The summed E-state index contributed by atoms with van der Waals surface area (Å²) < 4.78 is 2.09. The van der Waals surface area contributed by atoms with Crippen LogP contribution in [0.5, 0.6) is 0 Å². The highest BCUT2D eigenvalue weighted by Gasteiger charge is 2.08. The fourth-order valence-electron chi connectivity index (χ4n) is 2.85. The van der Waals surface area contributed by atoms with E-state index in [0.29, 0.717) is 25.2 Å². The number of nitrogens with zero attached hydrogens (tertiary/aromatic N) is 2. The number of nitrogens with one attached hydrogen (secondary N) is 2. The van der Waals surface area contributed by atoms with E-state index in [1.54, 1.807) is 12.1 Å². The van der Waals surface area contributed by atoms with E-state index in [1.807, 2.05) is 49.4 Å². The Kier molecular flexibility index (Phi) is 5.63. The summed E-state index contributed by atoms with van der Waals surface area (Å²) in [6, 6.07) is 16.9. The van der Waals surface area contributed by atoms with Crippen molar-refractivity contribution < 1.29 is 9.59 Å². The third-order valence-corrected chi connectivity index (χ3v) is 4.18. The first-order valence-electron chi connectivity index (χ1n) is 8.67. The molecular formula is C20H22N4O2. The van der Waals surface area contributed by atoms with Gasteiger partial charge >= 0.3 is 0 Å². The summed E-state index contributed by atoms with van der Waals surface area (Å²) in [4.78, 5) is 28.4. The topological polar surface area (TPSA) is 76.0 Å². The molecular weight excluding hydrogens is 328 g/mol. The maximum atomic E-state index is 12.0. The Morgan fingerprint density at radius 3 is 2.50 bits per heavy atom. The number of hydrogen-bond donors (Lipinski definition) is 2. The third kappa shape index (κ3) is 4.27. The molecule has 0 spiro atoms. The van der Waals surface area contributed by atoms with Crippen LogP contribution < -0.4 is 10.6 Å². The molecule has 3 rings (SSSR count). The van der Waals surface area contributed by atoms with Crippen molar-refractivity contribution in [2.75, 3.05) is 13.1 Å². The molecule has 0 radical (unpaired) electrons. The zero-order chi connectivity index (χ0) is 18.4. The summed E-state index contributed by atoms with van der Waals surface area (Å²) in [6.45, 7) is 3.45. The average molecular weight is 350 g/mol. The molecule has 26 heavy (non-hydrogen) atoms. The van der Waals surface area contributed by atoms with Crippen LogP contribution in [0.15, 0.2) is 54.6 Å². The molecule has 2 aromatic carbocycles. The van der Waals surface area contributed by atoms with E-state index in [0.717, 1.165) is 16.9 Å². The fourth-order valence-corrected chi connectivity index (χ4v) is 2.85. The molecule has 2 amide bonds. The Morgan fingerprint density at radius 2 is 1.69 bits per heavy atom. The predicted octanol–water partition coefficient (Wildman–Crippen LogP) is 2.28. The minimum atomic E-state index is -0.168. The highest BCUT2D eigenvalue weighted by Crippen LogP contribution is 2.14. The molecule has 0 aliphatic carbocycles. The molecule has 134 valence electrons. The lowest BCUT2D eigenvalue weighted by Gasteiger charge is -2.09. The smallest absolute Gasteiger partial charge is 0.251 e. The SMILES string of the molecule is Cc1nc2ccccc2n1CCNC(=O)CCNC(=O)c1ccccc1. The molecule has 0 fully saturated rings. The quantitative estimate of drug-likeness (QED) is 0.686. The van der Waals surface area contributed by atoms with Crippen LogP contribution >= 0.6 is 0 Å². The van der Waals surface area contributed by atoms with Crippen molar-refractivity contribution in [3.8, 4) is 0 Å². The van der Waals surface area contributed by atoms with Crippen LogP contribution in [0.3, 0.4) is 0 Å². The van der Waals surface area contributed by atoms with Gasteiger partial charge < -0.3 is 15.2 Å². The van der Waals surface area contributed by atoms with Crippen molar-refractivity contribution in [2.24, 2.45) is 0 Å². The standard InChI is InChI=1S/C20H22N4O2/c1-15-23-17-9-5-6-10-18(17)24(15)14-13-21-19(25)11-12-22-20(26)16-7-3-2-4-8-16/h2-10H,11-14H2,1H3,(H,21,25)(H,22,26). The number of carbonyl (C=O) groups excluding carboxylic acids is 2. The second kappa shape index (κ2) is 8.29. The van der Waals surface area contributed by atoms with Gasteiger partial charge in [0.25, 0.3) is 5.91 Å². The third-order valence-electron chi connectivity index (χ3n) is 4.18. The predicted molar refractivity (Wildman–Crippen MR) is 101 cm³/mol. The Balaban J connectivity index is 1.42. The second-order valence-corrected chi connectivity index (χ2v) is 6.02. The number of rotatable bonds is 7. The molecule has 0 saturated heterocycles. The second-order valence-electron chi connectivity index (χ2n) is 6.02. The Morgan fingerprint density at radius 1 is 0.962 bits per heavy atom. The molecule has 6 heteroatoms. The van der Waals surface area contributed by atoms with E-state index in [-0.39, 0.29) is 18.2 Å². The highest BCUT2D eigenvalue weighted by atomic mass is 16.2. The van der Waals surface area contributed by atoms with Crippen LogP contribution in [0.25, 0.3) is 11.0 Å². The summed E-state index contributed by atoms with van der Waals surface area (Å²) in [5.74, 6) is 0.676. The highest BCUT2D eigenvalue weighted by molar-refractivity contribution is 5.94. The van der Waals surface area contributed by atoms with Gasteiger partial charge in [-0.3, -0.25) is 9.59 Å². The number of para-hydroxylation sites is 2. The summed E-state index contributed by atoms with van der Waals surface area (Å²) in [5.41, 5.74) is 2.62. The van der Waals surface area contributed by atoms with E-state index in [1.165, 1.54) is 0 Å². The van der Waals surface area contributed by atoms with Gasteiger partial charge in [0, 0.05) is 31.6 Å². The summed E-state index contributed by atoms with van der Waals surface area (Å²) in [6.07, 6.45) is 0.252.